The Kier molecular flexibility index (Phi) is 4.42. The van der Waals surface area contributed by atoms with Crippen LogP contribution in [0.15, 0.2) is 36.4 Å². The van der Waals surface area contributed by atoms with Crippen LogP contribution in [0.2, 0.25) is 0 Å². The van der Waals surface area contributed by atoms with E-state index in [1.165, 1.54) is 18.2 Å². The predicted molar refractivity (Wildman–Crippen MR) is 78.0 cm³/mol. The van der Waals surface area contributed by atoms with E-state index in [-0.39, 0.29) is 5.69 Å². The molecule has 0 fully saturated rings. The quantitative estimate of drug-likeness (QED) is 0.689. The lowest BCUT2D eigenvalue weighted by atomic mass is 10.2. The fraction of sp³-hybridized carbons (Fsp3) is 0.188. The second-order valence-electron chi connectivity index (χ2n) is 4.48. The van der Waals surface area contributed by atoms with Crippen LogP contribution >= 0.6 is 0 Å². The molecule has 5 heteroatoms. The molecule has 2 rings (SSSR count). The topological polar surface area (TPSA) is 61.5 Å². The molecular weight excluding hydrogens is 273 g/mol. The third-order valence-corrected chi connectivity index (χ3v) is 2.89. The van der Waals surface area contributed by atoms with E-state index in [4.69, 9.17) is 15.2 Å². The van der Waals surface area contributed by atoms with E-state index >= 15 is 0 Å². The SMILES string of the molecule is CCOC(=O)c1ccc(Oc2cc(F)ccc2C)c(N)c1. The van der Waals surface area contributed by atoms with Crippen molar-refractivity contribution in [3.63, 3.8) is 0 Å². The van der Waals surface area contributed by atoms with Crippen molar-refractivity contribution in [3.8, 4) is 11.5 Å². The van der Waals surface area contributed by atoms with Crippen LogP contribution in [0.5, 0.6) is 11.5 Å². The smallest absolute Gasteiger partial charge is 0.338 e. The zero-order valence-electron chi connectivity index (χ0n) is 11.9. The molecule has 0 heterocycles. The molecule has 0 spiro atoms. The zero-order valence-corrected chi connectivity index (χ0v) is 11.9. The number of carbonyl (C=O) groups excluding carboxylic acids is 1. The lowest BCUT2D eigenvalue weighted by Crippen LogP contribution is -2.05. The molecule has 0 aliphatic rings. The summed E-state index contributed by atoms with van der Waals surface area (Å²) in [6.07, 6.45) is 0. The van der Waals surface area contributed by atoms with E-state index in [0.29, 0.717) is 23.7 Å². The summed E-state index contributed by atoms with van der Waals surface area (Å²) in [5, 5.41) is 0. The van der Waals surface area contributed by atoms with E-state index in [1.807, 2.05) is 0 Å². The van der Waals surface area contributed by atoms with Gasteiger partial charge in [0.25, 0.3) is 0 Å². The first kappa shape index (κ1) is 14.8. The molecule has 2 aromatic carbocycles. The van der Waals surface area contributed by atoms with Crippen molar-refractivity contribution in [2.24, 2.45) is 0 Å². The van der Waals surface area contributed by atoms with Gasteiger partial charge in [0.2, 0.25) is 0 Å². The Morgan fingerprint density at radius 3 is 2.62 bits per heavy atom. The van der Waals surface area contributed by atoms with Crippen LogP contribution in [0.3, 0.4) is 0 Å². The van der Waals surface area contributed by atoms with Crippen molar-refractivity contribution < 1.29 is 18.7 Å². The Morgan fingerprint density at radius 2 is 1.95 bits per heavy atom. The van der Waals surface area contributed by atoms with Gasteiger partial charge >= 0.3 is 5.97 Å². The van der Waals surface area contributed by atoms with Gasteiger partial charge in [-0.15, -0.1) is 0 Å². The summed E-state index contributed by atoms with van der Waals surface area (Å²) in [6, 6.07) is 8.85. The minimum absolute atomic E-state index is 0.282. The number of rotatable bonds is 4. The molecule has 4 nitrogen and oxygen atoms in total. The minimum atomic E-state index is -0.447. The number of esters is 1. The van der Waals surface area contributed by atoms with Crippen LogP contribution in [0.4, 0.5) is 10.1 Å². The first-order valence-electron chi connectivity index (χ1n) is 6.52. The molecule has 0 amide bonds. The molecule has 0 saturated carbocycles. The first-order valence-corrected chi connectivity index (χ1v) is 6.52. The Hall–Kier alpha value is -2.56. The molecule has 0 aliphatic heterocycles. The zero-order chi connectivity index (χ0) is 15.4. The number of hydrogen-bond donors (Lipinski definition) is 1. The van der Waals surface area contributed by atoms with Gasteiger partial charge in [-0.3, -0.25) is 0 Å². The molecule has 0 unspecified atom stereocenters. The highest BCUT2D eigenvalue weighted by atomic mass is 19.1. The van der Waals surface area contributed by atoms with Crippen LogP contribution < -0.4 is 10.5 Å². The van der Waals surface area contributed by atoms with Crippen molar-refractivity contribution in [2.45, 2.75) is 13.8 Å². The third-order valence-electron chi connectivity index (χ3n) is 2.89. The van der Waals surface area contributed by atoms with Gasteiger partial charge in [-0.2, -0.15) is 0 Å². The molecule has 0 atom stereocenters. The van der Waals surface area contributed by atoms with Crippen LogP contribution in [0.25, 0.3) is 0 Å². The van der Waals surface area contributed by atoms with Gasteiger partial charge in [0.1, 0.15) is 17.3 Å². The maximum atomic E-state index is 13.2. The predicted octanol–water partition coefficient (Wildman–Crippen LogP) is 3.69. The van der Waals surface area contributed by atoms with Gasteiger partial charge in [-0.05, 0) is 43.7 Å². The van der Waals surface area contributed by atoms with Crippen LogP contribution in [-0.4, -0.2) is 12.6 Å². The number of halogens is 1. The molecule has 0 radical (unpaired) electrons. The van der Waals surface area contributed by atoms with Gasteiger partial charge in [-0.1, -0.05) is 6.07 Å². The summed E-state index contributed by atoms with van der Waals surface area (Å²) in [5.41, 5.74) is 7.27. The highest BCUT2D eigenvalue weighted by molar-refractivity contribution is 5.91. The number of anilines is 1. The number of carbonyl (C=O) groups is 1. The molecule has 0 aromatic heterocycles. The molecular formula is C16H16FNO3. The normalized spacial score (nSPS) is 10.2. The highest BCUT2D eigenvalue weighted by Crippen LogP contribution is 2.30. The van der Waals surface area contributed by atoms with Gasteiger partial charge in [0, 0.05) is 6.07 Å². The molecule has 0 bridgehead atoms. The lowest BCUT2D eigenvalue weighted by Gasteiger charge is -2.11. The largest absolute Gasteiger partial charge is 0.462 e. The number of benzene rings is 2. The number of hydrogen-bond acceptors (Lipinski definition) is 4. The summed E-state index contributed by atoms with van der Waals surface area (Å²) in [4.78, 5) is 11.6. The second-order valence-corrected chi connectivity index (χ2v) is 4.48. The summed E-state index contributed by atoms with van der Waals surface area (Å²) >= 11 is 0. The average molecular weight is 289 g/mol. The fourth-order valence-electron chi connectivity index (χ4n) is 1.79. The summed E-state index contributed by atoms with van der Waals surface area (Å²) < 4.78 is 23.7. The average Bonchev–Trinajstić information content (AvgIpc) is 2.45. The van der Waals surface area contributed by atoms with Gasteiger partial charge in [0.15, 0.2) is 0 Å². The van der Waals surface area contributed by atoms with E-state index in [0.717, 1.165) is 5.56 Å². The van der Waals surface area contributed by atoms with Gasteiger partial charge in [0.05, 0.1) is 17.9 Å². The van der Waals surface area contributed by atoms with Gasteiger partial charge in [-0.25, -0.2) is 9.18 Å². The Bertz CT molecular complexity index is 671. The van der Waals surface area contributed by atoms with Gasteiger partial charge < -0.3 is 15.2 Å². The number of nitrogen functional groups attached to an aromatic ring is 1. The third kappa shape index (κ3) is 3.51. The maximum Gasteiger partial charge on any atom is 0.338 e. The molecule has 110 valence electrons. The van der Waals surface area contributed by atoms with Crippen LogP contribution in [0.1, 0.15) is 22.8 Å². The standard InChI is InChI=1S/C16H16FNO3/c1-3-20-16(19)11-5-7-14(13(18)8-11)21-15-9-12(17)6-4-10(15)2/h4-9H,3,18H2,1-2H3. The molecule has 21 heavy (non-hydrogen) atoms. The monoisotopic (exact) mass is 289 g/mol. The van der Waals surface area contributed by atoms with E-state index in [1.54, 1.807) is 32.0 Å². The van der Waals surface area contributed by atoms with Crippen molar-refractivity contribution in [1.82, 2.24) is 0 Å². The highest BCUT2D eigenvalue weighted by Gasteiger charge is 2.11. The summed E-state index contributed by atoms with van der Waals surface area (Å²) in [6.45, 7) is 3.82. The maximum absolute atomic E-state index is 13.2. The van der Waals surface area contributed by atoms with E-state index < -0.39 is 11.8 Å². The number of nitrogens with two attached hydrogens (primary N) is 1. The van der Waals surface area contributed by atoms with E-state index in [2.05, 4.69) is 0 Å². The van der Waals surface area contributed by atoms with Crippen molar-refractivity contribution >= 4 is 11.7 Å². The summed E-state index contributed by atoms with van der Waals surface area (Å²) in [5.74, 6) is -0.0997. The molecule has 2 N–H and O–H groups in total. The van der Waals surface area contributed by atoms with Crippen LogP contribution in [0, 0.1) is 12.7 Å². The Morgan fingerprint density at radius 1 is 1.19 bits per heavy atom. The molecule has 0 aliphatic carbocycles. The van der Waals surface area contributed by atoms with Crippen molar-refractivity contribution in [2.75, 3.05) is 12.3 Å². The minimum Gasteiger partial charge on any atom is -0.462 e. The van der Waals surface area contributed by atoms with Crippen molar-refractivity contribution in [3.05, 3.63) is 53.3 Å². The van der Waals surface area contributed by atoms with Crippen molar-refractivity contribution in [1.29, 1.82) is 0 Å². The number of ether oxygens (including phenoxy) is 2. The second kappa shape index (κ2) is 6.26. The molecule has 0 saturated heterocycles. The molecule has 2 aromatic rings. The lowest BCUT2D eigenvalue weighted by molar-refractivity contribution is 0.0526. The fourth-order valence-corrected chi connectivity index (χ4v) is 1.79. The summed E-state index contributed by atoms with van der Waals surface area (Å²) in [7, 11) is 0. The Balaban J connectivity index is 2.25. The number of aryl methyl sites for hydroxylation is 1. The van der Waals surface area contributed by atoms with E-state index in [9.17, 15) is 9.18 Å². The van der Waals surface area contributed by atoms with Crippen LogP contribution in [-0.2, 0) is 4.74 Å². The first-order chi connectivity index (χ1) is 10.0. The Labute approximate surface area is 122 Å².